The van der Waals surface area contributed by atoms with E-state index in [-0.39, 0.29) is 29.5 Å². The molecule has 0 spiro atoms. The number of hydrogen-bond acceptors (Lipinski definition) is 4. The second-order valence-electron chi connectivity index (χ2n) is 9.49. The van der Waals surface area contributed by atoms with Gasteiger partial charge in [-0.05, 0) is 29.2 Å². The van der Waals surface area contributed by atoms with Crippen molar-refractivity contribution in [2.75, 3.05) is 0 Å². The molecule has 0 bridgehead atoms. The first kappa shape index (κ1) is 25.4. The summed E-state index contributed by atoms with van der Waals surface area (Å²) in [6.45, 7) is 4.31. The van der Waals surface area contributed by atoms with E-state index in [4.69, 9.17) is 10.4 Å². The van der Waals surface area contributed by atoms with E-state index in [1.54, 1.807) is 28.4 Å². The zero-order valence-electron chi connectivity index (χ0n) is 21.2. The third kappa shape index (κ3) is 4.37. The Balaban J connectivity index is 1.55. The summed E-state index contributed by atoms with van der Waals surface area (Å²) in [5.41, 5.74) is 2.69. The van der Waals surface area contributed by atoms with E-state index in [1.807, 2.05) is 24.3 Å². The van der Waals surface area contributed by atoms with Gasteiger partial charge in [-0.15, -0.1) is 0 Å². The second-order valence-corrected chi connectivity index (χ2v) is 9.49. The van der Waals surface area contributed by atoms with Crippen LogP contribution in [-0.2, 0) is 26.8 Å². The molecule has 3 aromatic heterocycles. The summed E-state index contributed by atoms with van der Waals surface area (Å²) < 4.78 is 58.8. The number of fused-ring (bicyclic) bond motifs is 1. The monoisotopic (exact) mass is 523 g/mol. The maximum Gasteiger partial charge on any atom is 0.434 e. The Bertz CT molecular complexity index is 1720. The Labute approximate surface area is 215 Å². The first-order valence-corrected chi connectivity index (χ1v) is 11.9. The Morgan fingerprint density at radius 3 is 2.39 bits per heavy atom. The molecule has 0 atom stereocenters. The van der Waals surface area contributed by atoms with Crippen LogP contribution in [0.2, 0.25) is 0 Å². The summed E-state index contributed by atoms with van der Waals surface area (Å²) in [5.74, 6) is -0.0504. The van der Waals surface area contributed by atoms with Crippen molar-refractivity contribution in [3.8, 4) is 22.8 Å². The molecule has 3 heterocycles. The second kappa shape index (κ2) is 9.23. The van der Waals surface area contributed by atoms with Gasteiger partial charge < -0.3 is 9.13 Å². The van der Waals surface area contributed by atoms with Gasteiger partial charge in [0, 0.05) is 25.9 Å². The molecule has 196 valence electrons. The normalized spacial score (nSPS) is 12.1. The van der Waals surface area contributed by atoms with Crippen molar-refractivity contribution >= 4 is 11.2 Å². The topological polar surface area (TPSA) is 77.3 Å². The SMILES string of the molecule is CC(C)c1ccccc1-c1ncc2c(n1)n(Cc1ccc(-c3nc(C(F)(F)F)cn3C)c(F)c1)c(=N)n2C. The van der Waals surface area contributed by atoms with Crippen molar-refractivity contribution in [1.82, 2.24) is 28.7 Å². The summed E-state index contributed by atoms with van der Waals surface area (Å²) in [6.07, 6.45) is -2.12. The average molecular weight is 524 g/mol. The molecule has 5 rings (SSSR count). The van der Waals surface area contributed by atoms with Gasteiger partial charge in [-0.3, -0.25) is 9.98 Å². The molecule has 11 heteroatoms. The number of imidazole rings is 2. The van der Waals surface area contributed by atoms with E-state index in [0.29, 0.717) is 22.6 Å². The van der Waals surface area contributed by atoms with Crippen molar-refractivity contribution in [3.63, 3.8) is 0 Å². The minimum Gasteiger partial charge on any atom is -0.333 e. The smallest absolute Gasteiger partial charge is 0.333 e. The zero-order valence-corrected chi connectivity index (χ0v) is 21.2. The van der Waals surface area contributed by atoms with Gasteiger partial charge in [0.25, 0.3) is 0 Å². The van der Waals surface area contributed by atoms with Gasteiger partial charge in [-0.1, -0.05) is 44.2 Å². The Kier molecular flexibility index (Phi) is 6.16. The fraction of sp³-hybridized carbons (Fsp3) is 0.259. The predicted molar refractivity (Wildman–Crippen MR) is 135 cm³/mol. The average Bonchev–Trinajstić information content (AvgIpc) is 3.37. The van der Waals surface area contributed by atoms with Gasteiger partial charge >= 0.3 is 6.18 Å². The van der Waals surface area contributed by atoms with Crippen LogP contribution in [0.5, 0.6) is 0 Å². The van der Waals surface area contributed by atoms with E-state index in [9.17, 15) is 13.2 Å². The number of alkyl halides is 3. The standard InChI is InChI=1S/C27H25F4N7/c1-15(2)17-7-5-6-8-18(17)23-33-12-21-25(35-23)38(26(32)37(21)4)13-16-9-10-19(20(28)11-16)24-34-22(14-36(24)3)27(29,30)31/h5-12,14-15,32H,13H2,1-4H3. The van der Waals surface area contributed by atoms with E-state index < -0.39 is 17.7 Å². The van der Waals surface area contributed by atoms with Crippen LogP contribution < -0.4 is 5.62 Å². The number of nitrogens with zero attached hydrogens (tertiary/aromatic N) is 6. The highest BCUT2D eigenvalue weighted by Crippen LogP contribution is 2.32. The van der Waals surface area contributed by atoms with Crippen molar-refractivity contribution in [2.45, 2.75) is 32.5 Å². The quantitative estimate of drug-likeness (QED) is 0.303. The summed E-state index contributed by atoms with van der Waals surface area (Å²) >= 11 is 0. The third-order valence-electron chi connectivity index (χ3n) is 6.55. The Morgan fingerprint density at radius 1 is 1.00 bits per heavy atom. The fourth-order valence-corrected chi connectivity index (χ4v) is 4.55. The van der Waals surface area contributed by atoms with Crippen molar-refractivity contribution in [3.05, 3.63) is 83.1 Å². The van der Waals surface area contributed by atoms with Crippen LogP contribution >= 0.6 is 0 Å². The predicted octanol–water partition coefficient (Wildman–Crippen LogP) is 5.65. The number of nitrogens with one attached hydrogen (secondary N) is 1. The van der Waals surface area contributed by atoms with Crippen molar-refractivity contribution < 1.29 is 17.6 Å². The molecule has 7 nitrogen and oxygen atoms in total. The van der Waals surface area contributed by atoms with Crippen LogP contribution in [-0.4, -0.2) is 28.7 Å². The maximum absolute atomic E-state index is 15.1. The number of halogens is 4. The summed E-state index contributed by atoms with van der Waals surface area (Å²) in [7, 11) is 3.12. The summed E-state index contributed by atoms with van der Waals surface area (Å²) in [4.78, 5) is 12.9. The van der Waals surface area contributed by atoms with Crippen LogP contribution in [0.25, 0.3) is 33.9 Å². The summed E-state index contributed by atoms with van der Waals surface area (Å²) in [6, 6.07) is 12.2. The van der Waals surface area contributed by atoms with Gasteiger partial charge in [-0.25, -0.2) is 19.3 Å². The lowest BCUT2D eigenvalue weighted by Gasteiger charge is -2.12. The number of benzene rings is 2. The first-order chi connectivity index (χ1) is 18.0. The fourth-order valence-electron chi connectivity index (χ4n) is 4.55. The minimum absolute atomic E-state index is 0.0457. The third-order valence-corrected chi connectivity index (χ3v) is 6.55. The molecular weight excluding hydrogens is 498 g/mol. The highest BCUT2D eigenvalue weighted by atomic mass is 19.4. The number of rotatable bonds is 5. The summed E-state index contributed by atoms with van der Waals surface area (Å²) in [5, 5.41) is 8.62. The molecule has 0 saturated carbocycles. The van der Waals surface area contributed by atoms with Gasteiger partial charge in [0.2, 0.25) is 5.62 Å². The zero-order chi connectivity index (χ0) is 27.4. The van der Waals surface area contributed by atoms with Crippen molar-refractivity contribution in [2.24, 2.45) is 14.1 Å². The molecule has 0 amide bonds. The van der Waals surface area contributed by atoms with Gasteiger partial charge in [-0.2, -0.15) is 13.2 Å². The Morgan fingerprint density at radius 2 is 1.74 bits per heavy atom. The maximum atomic E-state index is 15.1. The molecule has 0 aliphatic heterocycles. The molecular formula is C27H25F4N7. The Hall–Kier alpha value is -4.28. The van der Waals surface area contributed by atoms with Crippen LogP contribution in [0, 0.1) is 11.2 Å². The molecule has 5 aromatic rings. The largest absolute Gasteiger partial charge is 0.434 e. The van der Waals surface area contributed by atoms with Gasteiger partial charge in [0.15, 0.2) is 17.2 Å². The van der Waals surface area contributed by atoms with Gasteiger partial charge in [0.1, 0.15) is 17.2 Å². The first-order valence-electron chi connectivity index (χ1n) is 11.9. The number of aryl methyl sites for hydroxylation is 2. The lowest BCUT2D eigenvalue weighted by molar-refractivity contribution is -0.140. The lowest BCUT2D eigenvalue weighted by atomic mass is 9.97. The van der Waals surface area contributed by atoms with Crippen LogP contribution in [0.4, 0.5) is 17.6 Å². The molecule has 0 unspecified atom stereocenters. The van der Waals surface area contributed by atoms with Crippen LogP contribution in [0.15, 0.2) is 54.9 Å². The molecule has 0 fully saturated rings. The highest BCUT2D eigenvalue weighted by molar-refractivity contribution is 5.74. The number of aromatic nitrogens is 6. The molecule has 2 aromatic carbocycles. The molecule has 0 radical (unpaired) electrons. The highest BCUT2D eigenvalue weighted by Gasteiger charge is 2.34. The minimum atomic E-state index is -4.63. The van der Waals surface area contributed by atoms with E-state index in [0.717, 1.165) is 21.9 Å². The lowest BCUT2D eigenvalue weighted by Crippen LogP contribution is -2.23. The molecule has 0 aliphatic rings. The van der Waals surface area contributed by atoms with E-state index in [2.05, 4.69) is 23.8 Å². The molecule has 1 N–H and O–H groups in total. The van der Waals surface area contributed by atoms with E-state index >= 15 is 4.39 Å². The van der Waals surface area contributed by atoms with Gasteiger partial charge in [0.05, 0.1) is 18.3 Å². The molecule has 0 aliphatic carbocycles. The van der Waals surface area contributed by atoms with Crippen LogP contribution in [0.1, 0.15) is 36.6 Å². The van der Waals surface area contributed by atoms with E-state index in [1.165, 1.54) is 19.2 Å². The molecule has 0 saturated heterocycles. The number of hydrogen-bond donors (Lipinski definition) is 1. The van der Waals surface area contributed by atoms with Crippen LogP contribution in [0.3, 0.4) is 0 Å². The van der Waals surface area contributed by atoms with Crippen molar-refractivity contribution in [1.29, 1.82) is 5.41 Å². The molecule has 38 heavy (non-hydrogen) atoms.